The van der Waals surface area contributed by atoms with Crippen LogP contribution < -0.4 is 0 Å². The molecular formula is C9H13ClO2. The highest BCUT2D eigenvalue weighted by atomic mass is 35.5. The lowest BCUT2D eigenvalue weighted by Crippen LogP contribution is -2.25. The summed E-state index contributed by atoms with van der Waals surface area (Å²) >= 11 is 5.93. The van der Waals surface area contributed by atoms with Gasteiger partial charge in [-0.3, -0.25) is 4.79 Å². The Morgan fingerprint density at radius 1 is 1.75 bits per heavy atom. The van der Waals surface area contributed by atoms with Crippen molar-refractivity contribution in [1.82, 2.24) is 0 Å². The van der Waals surface area contributed by atoms with Gasteiger partial charge in [-0.05, 0) is 19.3 Å². The SMILES string of the molecule is C=C1CCC(Cl)CC1C(=O)OC. The summed E-state index contributed by atoms with van der Waals surface area (Å²) in [4.78, 5) is 11.2. The molecule has 0 aliphatic heterocycles. The molecule has 0 N–H and O–H groups in total. The number of ether oxygens (including phenoxy) is 1. The number of hydrogen-bond donors (Lipinski definition) is 0. The Balaban J connectivity index is 2.60. The Morgan fingerprint density at radius 3 is 3.00 bits per heavy atom. The van der Waals surface area contributed by atoms with Crippen molar-refractivity contribution in [3.05, 3.63) is 12.2 Å². The average Bonchev–Trinajstić information content (AvgIpc) is 2.08. The molecule has 0 aromatic heterocycles. The van der Waals surface area contributed by atoms with E-state index in [1.165, 1.54) is 7.11 Å². The molecule has 0 aromatic carbocycles. The number of halogens is 1. The largest absolute Gasteiger partial charge is 0.469 e. The van der Waals surface area contributed by atoms with E-state index in [2.05, 4.69) is 11.3 Å². The average molecular weight is 189 g/mol. The molecule has 2 unspecified atom stereocenters. The van der Waals surface area contributed by atoms with E-state index in [1.807, 2.05) is 0 Å². The van der Waals surface area contributed by atoms with Crippen molar-refractivity contribution in [2.75, 3.05) is 7.11 Å². The second-order valence-corrected chi connectivity index (χ2v) is 3.72. The van der Waals surface area contributed by atoms with Gasteiger partial charge in [0.05, 0.1) is 13.0 Å². The lowest BCUT2D eigenvalue weighted by molar-refractivity contribution is -0.144. The van der Waals surface area contributed by atoms with E-state index in [4.69, 9.17) is 11.6 Å². The normalized spacial score (nSPS) is 30.0. The van der Waals surface area contributed by atoms with Gasteiger partial charge in [-0.15, -0.1) is 11.6 Å². The first kappa shape index (κ1) is 9.59. The topological polar surface area (TPSA) is 26.3 Å². The highest BCUT2D eigenvalue weighted by Crippen LogP contribution is 2.31. The highest BCUT2D eigenvalue weighted by molar-refractivity contribution is 6.20. The molecule has 0 spiro atoms. The quantitative estimate of drug-likeness (QED) is 0.358. The van der Waals surface area contributed by atoms with Crippen molar-refractivity contribution >= 4 is 17.6 Å². The minimum atomic E-state index is -0.203. The molecule has 1 fully saturated rings. The van der Waals surface area contributed by atoms with Crippen LogP contribution in [0.25, 0.3) is 0 Å². The van der Waals surface area contributed by atoms with Crippen molar-refractivity contribution in [3.63, 3.8) is 0 Å². The van der Waals surface area contributed by atoms with Crippen LogP contribution in [-0.4, -0.2) is 18.5 Å². The number of hydrogen-bond acceptors (Lipinski definition) is 2. The monoisotopic (exact) mass is 188 g/mol. The first-order valence-corrected chi connectivity index (χ1v) is 4.48. The molecule has 0 radical (unpaired) electrons. The van der Waals surface area contributed by atoms with E-state index >= 15 is 0 Å². The maximum Gasteiger partial charge on any atom is 0.312 e. The number of rotatable bonds is 1. The standard InChI is InChI=1S/C9H13ClO2/c1-6-3-4-7(10)5-8(6)9(11)12-2/h7-8H,1,3-5H2,2H3. The van der Waals surface area contributed by atoms with Crippen molar-refractivity contribution in [1.29, 1.82) is 0 Å². The summed E-state index contributed by atoms with van der Waals surface area (Å²) in [5.41, 5.74) is 0.957. The van der Waals surface area contributed by atoms with Crippen LogP contribution in [-0.2, 0) is 9.53 Å². The van der Waals surface area contributed by atoms with E-state index in [0.29, 0.717) is 6.42 Å². The third-order valence-corrected chi connectivity index (χ3v) is 2.65. The Morgan fingerprint density at radius 2 is 2.42 bits per heavy atom. The maximum absolute atomic E-state index is 11.2. The number of carbonyl (C=O) groups is 1. The molecular weight excluding hydrogens is 176 g/mol. The van der Waals surface area contributed by atoms with Gasteiger partial charge in [-0.25, -0.2) is 0 Å². The van der Waals surface area contributed by atoms with Crippen LogP contribution >= 0.6 is 11.6 Å². The summed E-state index contributed by atoms with van der Waals surface area (Å²) in [6.45, 7) is 3.84. The third-order valence-electron chi connectivity index (χ3n) is 2.25. The lowest BCUT2D eigenvalue weighted by Gasteiger charge is -2.25. The van der Waals surface area contributed by atoms with Gasteiger partial charge in [-0.2, -0.15) is 0 Å². The summed E-state index contributed by atoms with van der Waals surface area (Å²) in [5, 5.41) is 0.0969. The van der Waals surface area contributed by atoms with Crippen LogP contribution in [0.4, 0.5) is 0 Å². The molecule has 1 aliphatic rings. The van der Waals surface area contributed by atoms with Crippen LogP contribution in [0.1, 0.15) is 19.3 Å². The number of carbonyl (C=O) groups excluding carboxylic acids is 1. The minimum absolute atomic E-state index is 0.0969. The summed E-state index contributed by atoms with van der Waals surface area (Å²) in [6, 6.07) is 0. The van der Waals surface area contributed by atoms with Crippen molar-refractivity contribution in [2.45, 2.75) is 24.6 Å². The summed E-state index contributed by atoms with van der Waals surface area (Å²) in [7, 11) is 1.40. The Labute approximate surface area is 77.5 Å². The molecule has 2 atom stereocenters. The van der Waals surface area contributed by atoms with E-state index in [0.717, 1.165) is 18.4 Å². The minimum Gasteiger partial charge on any atom is -0.469 e. The molecule has 1 saturated carbocycles. The summed E-state index contributed by atoms with van der Waals surface area (Å²) in [5.74, 6) is -0.378. The van der Waals surface area contributed by atoms with E-state index < -0.39 is 0 Å². The van der Waals surface area contributed by atoms with Gasteiger partial charge in [0.25, 0.3) is 0 Å². The van der Waals surface area contributed by atoms with Crippen molar-refractivity contribution in [2.24, 2.45) is 5.92 Å². The molecule has 3 heteroatoms. The number of alkyl halides is 1. The van der Waals surface area contributed by atoms with Crippen LogP contribution in [0, 0.1) is 5.92 Å². The highest BCUT2D eigenvalue weighted by Gasteiger charge is 2.29. The van der Waals surface area contributed by atoms with Crippen LogP contribution in [0.5, 0.6) is 0 Å². The second-order valence-electron chi connectivity index (χ2n) is 3.11. The molecule has 0 aromatic rings. The van der Waals surface area contributed by atoms with Gasteiger partial charge in [-0.1, -0.05) is 12.2 Å². The van der Waals surface area contributed by atoms with Crippen LogP contribution in [0.3, 0.4) is 0 Å². The first-order chi connectivity index (χ1) is 5.65. The predicted molar refractivity (Wildman–Crippen MR) is 48.1 cm³/mol. The maximum atomic E-state index is 11.2. The smallest absolute Gasteiger partial charge is 0.312 e. The zero-order valence-corrected chi connectivity index (χ0v) is 7.93. The Hall–Kier alpha value is -0.500. The molecule has 0 bridgehead atoms. The predicted octanol–water partition coefficient (Wildman–Crippen LogP) is 2.12. The van der Waals surface area contributed by atoms with E-state index in [-0.39, 0.29) is 17.3 Å². The third kappa shape index (κ3) is 2.01. The Kier molecular flexibility index (Phi) is 3.15. The van der Waals surface area contributed by atoms with Crippen LogP contribution in [0.15, 0.2) is 12.2 Å². The molecule has 68 valence electrons. The van der Waals surface area contributed by atoms with Gasteiger partial charge in [0.15, 0.2) is 0 Å². The zero-order valence-electron chi connectivity index (χ0n) is 7.18. The van der Waals surface area contributed by atoms with Gasteiger partial charge < -0.3 is 4.74 Å². The molecule has 12 heavy (non-hydrogen) atoms. The Bertz CT molecular complexity index is 193. The van der Waals surface area contributed by atoms with Crippen LogP contribution in [0.2, 0.25) is 0 Å². The first-order valence-electron chi connectivity index (χ1n) is 4.04. The number of methoxy groups -OCH3 is 1. The lowest BCUT2D eigenvalue weighted by atomic mass is 9.85. The molecule has 0 amide bonds. The van der Waals surface area contributed by atoms with Gasteiger partial charge in [0.2, 0.25) is 0 Å². The van der Waals surface area contributed by atoms with E-state index in [9.17, 15) is 4.79 Å². The molecule has 2 nitrogen and oxygen atoms in total. The molecule has 1 rings (SSSR count). The second kappa shape index (κ2) is 3.94. The number of esters is 1. The molecule has 0 saturated heterocycles. The fourth-order valence-corrected chi connectivity index (χ4v) is 1.75. The summed E-state index contributed by atoms with van der Waals surface area (Å²) < 4.78 is 4.65. The fraction of sp³-hybridized carbons (Fsp3) is 0.667. The van der Waals surface area contributed by atoms with Gasteiger partial charge in [0.1, 0.15) is 0 Å². The molecule has 0 heterocycles. The zero-order chi connectivity index (χ0) is 9.14. The summed E-state index contributed by atoms with van der Waals surface area (Å²) in [6.07, 6.45) is 2.44. The van der Waals surface area contributed by atoms with E-state index in [1.54, 1.807) is 0 Å². The fourth-order valence-electron chi connectivity index (χ4n) is 1.46. The van der Waals surface area contributed by atoms with Gasteiger partial charge >= 0.3 is 5.97 Å². The van der Waals surface area contributed by atoms with Crippen molar-refractivity contribution < 1.29 is 9.53 Å². The molecule has 1 aliphatic carbocycles. The van der Waals surface area contributed by atoms with Gasteiger partial charge in [0, 0.05) is 5.38 Å². The van der Waals surface area contributed by atoms with Crippen molar-refractivity contribution in [3.8, 4) is 0 Å².